The Bertz CT molecular complexity index is 305. The number of nitrogens with one attached hydrogen (secondary N) is 1. The molecule has 0 spiro atoms. The van der Waals surface area contributed by atoms with E-state index in [1.807, 2.05) is 13.8 Å². The first kappa shape index (κ1) is 16.2. The molecule has 112 valence electrons. The molecule has 0 amide bonds. The van der Waals surface area contributed by atoms with Gasteiger partial charge >= 0.3 is 0 Å². The van der Waals surface area contributed by atoms with E-state index in [-0.39, 0.29) is 5.41 Å². The average Bonchev–Trinajstić information content (AvgIpc) is 2.37. The van der Waals surface area contributed by atoms with Crippen molar-refractivity contribution in [3.63, 3.8) is 0 Å². The summed E-state index contributed by atoms with van der Waals surface area (Å²) in [6, 6.07) is 0.561. The monoisotopic (exact) mass is 271 g/mol. The van der Waals surface area contributed by atoms with E-state index in [9.17, 15) is 0 Å². The average molecular weight is 271 g/mol. The normalized spacial score (nSPS) is 23.8. The molecule has 1 aliphatic heterocycles. The highest BCUT2D eigenvalue weighted by Gasteiger charge is 2.24. The van der Waals surface area contributed by atoms with Gasteiger partial charge in [-0.05, 0) is 27.1 Å². The topological polar surface area (TPSA) is 77.1 Å². The van der Waals surface area contributed by atoms with Crippen LogP contribution in [0.15, 0.2) is 5.16 Å². The van der Waals surface area contributed by atoms with E-state index in [1.54, 1.807) is 0 Å². The molecule has 1 heterocycles. The molecule has 1 aliphatic rings. The lowest BCUT2D eigenvalue weighted by Crippen LogP contribution is -2.54. The van der Waals surface area contributed by atoms with Gasteiger partial charge in [0.1, 0.15) is 5.84 Å². The van der Waals surface area contributed by atoms with Gasteiger partial charge in [-0.2, -0.15) is 0 Å². The molecule has 6 nitrogen and oxygen atoms in total. The molecule has 0 aromatic carbocycles. The number of amidine groups is 1. The molecular weight excluding hydrogens is 242 g/mol. The molecule has 0 aromatic rings. The van der Waals surface area contributed by atoms with Crippen LogP contribution in [0.2, 0.25) is 0 Å². The number of rotatable bonds is 6. The Balaban J connectivity index is 2.27. The van der Waals surface area contributed by atoms with Crippen molar-refractivity contribution in [3.8, 4) is 0 Å². The Labute approximate surface area is 116 Å². The fourth-order valence-corrected chi connectivity index (χ4v) is 2.25. The smallest absolute Gasteiger partial charge is 0.144 e. The fraction of sp³-hybridized carbons (Fsp3) is 0.923. The van der Waals surface area contributed by atoms with E-state index >= 15 is 0 Å². The Morgan fingerprint density at radius 3 is 2.74 bits per heavy atom. The van der Waals surface area contributed by atoms with Gasteiger partial charge < -0.3 is 21.2 Å². The highest BCUT2D eigenvalue weighted by molar-refractivity contribution is 5.85. The van der Waals surface area contributed by atoms with Crippen LogP contribution in [-0.4, -0.2) is 73.7 Å². The van der Waals surface area contributed by atoms with Crippen molar-refractivity contribution in [1.82, 2.24) is 15.1 Å². The lowest BCUT2D eigenvalue weighted by Gasteiger charge is -2.38. The number of piperazine rings is 1. The third-order valence-electron chi connectivity index (χ3n) is 4.09. The molecule has 6 heteroatoms. The van der Waals surface area contributed by atoms with Gasteiger partial charge in [0.2, 0.25) is 0 Å². The van der Waals surface area contributed by atoms with Crippen molar-refractivity contribution in [2.24, 2.45) is 16.3 Å². The summed E-state index contributed by atoms with van der Waals surface area (Å²) in [6.07, 6.45) is 0.856. The van der Waals surface area contributed by atoms with Crippen molar-refractivity contribution in [3.05, 3.63) is 0 Å². The first-order valence-electron chi connectivity index (χ1n) is 6.94. The molecule has 0 aromatic heterocycles. The first-order chi connectivity index (χ1) is 8.86. The van der Waals surface area contributed by atoms with E-state index in [4.69, 9.17) is 10.9 Å². The van der Waals surface area contributed by atoms with E-state index in [1.165, 1.54) is 0 Å². The van der Waals surface area contributed by atoms with Crippen LogP contribution >= 0.6 is 0 Å². The van der Waals surface area contributed by atoms with Crippen molar-refractivity contribution in [2.45, 2.75) is 26.3 Å². The fourth-order valence-electron chi connectivity index (χ4n) is 2.25. The summed E-state index contributed by atoms with van der Waals surface area (Å²) < 4.78 is 0. The van der Waals surface area contributed by atoms with Crippen molar-refractivity contribution >= 4 is 5.84 Å². The summed E-state index contributed by atoms with van der Waals surface area (Å²) in [5.74, 6) is 0.295. The molecule has 1 unspecified atom stereocenters. The first-order valence-corrected chi connectivity index (χ1v) is 6.94. The number of hydrogen-bond acceptors (Lipinski definition) is 5. The van der Waals surface area contributed by atoms with Gasteiger partial charge in [-0.15, -0.1) is 0 Å². The predicted octanol–water partition coefficient (Wildman–Crippen LogP) is -0.0155. The van der Waals surface area contributed by atoms with Crippen LogP contribution in [0.1, 0.15) is 20.3 Å². The lowest BCUT2D eigenvalue weighted by molar-refractivity contribution is 0.113. The van der Waals surface area contributed by atoms with Gasteiger partial charge in [-0.25, -0.2) is 0 Å². The van der Waals surface area contributed by atoms with Crippen LogP contribution in [0.4, 0.5) is 0 Å². The second kappa shape index (κ2) is 7.07. The highest BCUT2D eigenvalue weighted by atomic mass is 16.4. The third-order valence-corrected chi connectivity index (χ3v) is 4.09. The Kier molecular flexibility index (Phi) is 6.03. The number of nitrogens with zero attached hydrogens (tertiary/aromatic N) is 3. The van der Waals surface area contributed by atoms with Gasteiger partial charge in [-0.1, -0.05) is 19.0 Å². The Morgan fingerprint density at radius 2 is 2.11 bits per heavy atom. The standard InChI is InChI=1S/C13H29N5O/c1-13(2,12(14)16-19)5-6-15-9-11-10-17(3)7-8-18(11)4/h11,15,19H,5-10H2,1-4H3,(H2,14,16). The van der Waals surface area contributed by atoms with Crippen LogP contribution in [0.25, 0.3) is 0 Å². The zero-order chi connectivity index (χ0) is 14.5. The van der Waals surface area contributed by atoms with Crippen LogP contribution < -0.4 is 11.1 Å². The number of likely N-dealkylation sites (N-methyl/N-ethyl adjacent to an activating group) is 2. The molecule has 1 saturated heterocycles. The third kappa shape index (κ3) is 4.97. The van der Waals surface area contributed by atoms with Crippen molar-refractivity contribution < 1.29 is 5.21 Å². The summed E-state index contributed by atoms with van der Waals surface area (Å²) in [5, 5.41) is 15.3. The molecule has 1 rings (SSSR count). The predicted molar refractivity (Wildman–Crippen MR) is 78.6 cm³/mol. The summed E-state index contributed by atoms with van der Waals surface area (Å²) >= 11 is 0. The molecular formula is C13H29N5O. The van der Waals surface area contributed by atoms with Gasteiger partial charge in [0.05, 0.1) is 0 Å². The van der Waals surface area contributed by atoms with Gasteiger partial charge in [0, 0.05) is 37.6 Å². The molecule has 0 bridgehead atoms. The van der Waals surface area contributed by atoms with Crippen molar-refractivity contribution in [1.29, 1.82) is 0 Å². The SMILES string of the molecule is CN1CCN(C)C(CNCCC(C)(C)C(N)=NO)C1. The lowest BCUT2D eigenvalue weighted by atomic mass is 9.88. The van der Waals surface area contributed by atoms with Crippen LogP contribution in [0, 0.1) is 5.41 Å². The van der Waals surface area contributed by atoms with E-state index < -0.39 is 0 Å². The molecule has 1 fully saturated rings. The van der Waals surface area contributed by atoms with E-state index in [0.29, 0.717) is 11.9 Å². The largest absolute Gasteiger partial charge is 0.409 e. The van der Waals surface area contributed by atoms with Crippen molar-refractivity contribution in [2.75, 3.05) is 46.8 Å². The second-order valence-corrected chi connectivity index (χ2v) is 6.22. The maximum Gasteiger partial charge on any atom is 0.144 e. The van der Waals surface area contributed by atoms with Crippen LogP contribution in [-0.2, 0) is 0 Å². The van der Waals surface area contributed by atoms with Gasteiger partial charge in [-0.3, -0.25) is 4.90 Å². The molecule has 0 radical (unpaired) electrons. The summed E-state index contributed by atoms with van der Waals surface area (Å²) in [7, 11) is 4.35. The van der Waals surface area contributed by atoms with E-state index in [0.717, 1.165) is 39.1 Å². The Hall–Kier alpha value is -0.850. The van der Waals surface area contributed by atoms with Crippen LogP contribution in [0.3, 0.4) is 0 Å². The number of oxime groups is 1. The maximum atomic E-state index is 8.73. The minimum atomic E-state index is -0.267. The quantitative estimate of drug-likeness (QED) is 0.208. The van der Waals surface area contributed by atoms with Gasteiger partial charge in [0.25, 0.3) is 0 Å². The molecule has 4 N–H and O–H groups in total. The second-order valence-electron chi connectivity index (χ2n) is 6.22. The zero-order valence-electron chi connectivity index (χ0n) is 12.7. The molecule has 1 atom stereocenters. The minimum absolute atomic E-state index is 0.267. The zero-order valence-corrected chi connectivity index (χ0v) is 12.7. The number of hydrogen-bond donors (Lipinski definition) is 3. The molecule has 19 heavy (non-hydrogen) atoms. The molecule has 0 saturated carbocycles. The highest BCUT2D eigenvalue weighted by Crippen LogP contribution is 2.19. The summed E-state index contributed by atoms with van der Waals surface area (Å²) in [4.78, 5) is 4.77. The maximum absolute atomic E-state index is 8.73. The summed E-state index contributed by atoms with van der Waals surface area (Å²) in [6.45, 7) is 9.20. The van der Waals surface area contributed by atoms with Crippen LogP contribution in [0.5, 0.6) is 0 Å². The van der Waals surface area contributed by atoms with E-state index in [2.05, 4.69) is 34.4 Å². The van der Waals surface area contributed by atoms with Gasteiger partial charge in [0.15, 0.2) is 0 Å². The minimum Gasteiger partial charge on any atom is -0.409 e. The summed E-state index contributed by atoms with van der Waals surface area (Å²) in [5.41, 5.74) is 5.41. The number of nitrogens with two attached hydrogens (primary N) is 1. The molecule has 0 aliphatic carbocycles. The Morgan fingerprint density at radius 1 is 1.42 bits per heavy atom.